The molecule has 0 aromatic heterocycles. The van der Waals surface area contributed by atoms with Crippen molar-refractivity contribution < 1.29 is 0 Å². The first-order valence-electron chi connectivity index (χ1n) is 20.9. The fourth-order valence-electron chi connectivity index (χ4n) is 9.69. The maximum Gasteiger partial charge on any atom is 0.0546 e. The summed E-state index contributed by atoms with van der Waals surface area (Å²) < 4.78 is 0. The molecule has 0 heterocycles. The molecule has 10 aromatic carbocycles. The van der Waals surface area contributed by atoms with E-state index in [9.17, 15) is 0 Å². The summed E-state index contributed by atoms with van der Waals surface area (Å²) in [7, 11) is 0. The summed E-state index contributed by atoms with van der Waals surface area (Å²) in [5, 5.41) is 4.91. The molecule has 0 amide bonds. The third-order valence-electron chi connectivity index (χ3n) is 12.7. The molecule has 0 N–H and O–H groups in total. The van der Waals surface area contributed by atoms with Crippen LogP contribution in [0.2, 0.25) is 0 Å². The highest BCUT2D eigenvalue weighted by atomic mass is 15.1. The van der Waals surface area contributed by atoms with Gasteiger partial charge in [0.05, 0.1) is 5.69 Å². The summed E-state index contributed by atoms with van der Waals surface area (Å²) in [6, 6.07) is 82.6. The molecule has 0 aliphatic heterocycles. The van der Waals surface area contributed by atoms with Crippen LogP contribution < -0.4 is 4.90 Å². The lowest BCUT2D eigenvalue weighted by molar-refractivity contribution is 0.660. The average molecular weight is 766 g/mol. The topological polar surface area (TPSA) is 3.24 Å². The first kappa shape index (κ1) is 35.7. The monoisotopic (exact) mass is 765 g/mol. The lowest BCUT2D eigenvalue weighted by atomic mass is 9.82. The van der Waals surface area contributed by atoms with E-state index in [1.54, 1.807) is 0 Å². The molecule has 1 aliphatic carbocycles. The summed E-state index contributed by atoms with van der Waals surface area (Å²) in [5.74, 6) is 0. The van der Waals surface area contributed by atoms with Gasteiger partial charge in [0.25, 0.3) is 0 Å². The van der Waals surface area contributed by atoms with E-state index in [2.05, 4.69) is 243 Å². The molecule has 0 saturated carbocycles. The first-order valence-corrected chi connectivity index (χ1v) is 20.9. The van der Waals surface area contributed by atoms with Crippen LogP contribution >= 0.6 is 0 Å². The van der Waals surface area contributed by atoms with E-state index in [-0.39, 0.29) is 5.41 Å². The van der Waals surface area contributed by atoms with E-state index in [0.29, 0.717) is 0 Å². The van der Waals surface area contributed by atoms with E-state index < -0.39 is 0 Å². The van der Waals surface area contributed by atoms with Crippen molar-refractivity contribution in [1.29, 1.82) is 0 Å². The Morgan fingerprint density at radius 3 is 1.65 bits per heavy atom. The number of hydrogen-bond donors (Lipinski definition) is 0. The SMILES string of the molecule is CC1(C)c2ccccc2-c2ccc(N(c3ccc(-c4ccccc4)cc3)c3cccc(-c4ccc5ccccc5c4)c3-c3ccc(-c4ccccc4)c4ccccc34)cc21. The molecule has 0 radical (unpaired) electrons. The highest BCUT2D eigenvalue weighted by Crippen LogP contribution is 2.53. The van der Waals surface area contributed by atoms with Gasteiger partial charge in [-0.05, 0) is 119 Å². The lowest BCUT2D eigenvalue weighted by Crippen LogP contribution is -2.17. The quantitative estimate of drug-likeness (QED) is 0.156. The van der Waals surface area contributed by atoms with Gasteiger partial charge in [-0.1, -0.05) is 202 Å². The highest BCUT2D eigenvalue weighted by Gasteiger charge is 2.36. The standard InChI is InChI=1S/C59H43N/c1-59(2)55-26-14-13-24-52(55)53-35-34-47(39-56(53)59)60(46-32-30-42(31-33-46)40-16-5-3-6-17-40)57-27-15-25-49(45-29-28-41-18-9-10-21-44(41)38-45)58(57)54-37-36-48(43-19-7-4-8-20-43)50-22-11-12-23-51(50)54/h3-39H,1-2H3. The zero-order chi connectivity index (χ0) is 40.2. The van der Waals surface area contributed by atoms with Crippen molar-refractivity contribution in [1.82, 2.24) is 0 Å². The Kier molecular flexibility index (Phi) is 8.57. The van der Waals surface area contributed by atoms with Crippen molar-refractivity contribution >= 4 is 38.6 Å². The van der Waals surface area contributed by atoms with Gasteiger partial charge in [-0.3, -0.25) is 0 Å². The van der Waals surface area contributed by atoms with Crippen LogP contribution in [0.3, 0.4) is 0 Å². The molecule has 60 heavy (non-hydrogen) atoms. The third kappa shape index (κ3) is 5.93. The van der Waals surface area contributed by atoms with Gasteiger partial charge < -0.3 is 4.90 Å². The van der Waals surface area contributed by atoms with Crippen LogP contribution in [0, 0.1) is 0 Å². The Morgan fingerprint density at radius 1 is 0.317 bits per heavy atom. The Labute approximate surface area is 352 Å². The maximum absolute atomic E-state index is 2.49. The van der Waals surface area contributed by atoms with Gasteiger partial charge >= 0.3 is 0 Å². The van der Waals surface area contributed by atoms with Gasteiger partial charge in [-0.25, -0.2) is 0 Å². The molecular weight excluding hydrogens is 723 g/mol. The Balaban J connectivity index is 1.20. The molecule has 0 unspecified atom stereocenters. The Bertz CT molecular complexity index is 3210. The number of hydrogen-bond acceptors (Lipinski definition) is 1. The molecule has 284 valence electrons. The first-order chi connectivity index (χ1) is 29.5. The van der Waals surface area contributed by atoms with Crippen molar-refractivity contribution in [2.45, 2.75) is 19.3 Å². The number of rotatable bonds is 7. The Hall–Kier alpha value is -7.48. The fourth-order valence-corrected chi connectivity index (χ4v) is 9.69. The van der Waals surface area contributed by atoms with Crippen molar-refractivity contribution in [3.8, 4) is 55.6 Å². The summed E-state index contributed by atoms with van der Waals surface area (Å²) >= 11 is 0. The van der Waals surface area contributed by atoms with Crippen LogP contribution in [-0.4, -0.2) is 0 Å². The van der Waals surface area contributed by atoms with Crippen molar-refractivity contribution in [3.05, 3.63) is 236 Å². The van der Waals surface area contributed by atoms with Gasteiger partial charge in [-0.15, -0.1) is 0 Å². The zero-order valence-electron chi connectivity index (χ0n) is 33.8. The van der Waals surface area contributed by atoms with E-state index in [1.165, 1.54) is 88.3 Å². The number of benzene rings is 10. The van der Waals surface area contributed by atoms with Crippen molar-refractivity contribution in [3.63, 3.8) is 0 Å². The number of nitrogens with zero attached hydrogens (tertiary/aromatic N) is 1. The number of fused-ring (bicyclic) bond motifs is 5. The molecule has 1 nitrogen and oxygen atoms in total. The molecule has 0 spiro atoms. The normalized spacial score (nSPS) is 12.6. The maximum atomic E-state index is 2.49. The molecule has 1 aliphatic rings. The molecular formula is C59H43N. The van der Waals surface area contributed by atoms with Crippen LogP contribution in [-0.2, 0) is 5.41 Å². The summed E-state index contributed by atoms with van der Waals surface area (Å²) in [6.07, 6.45) is 0. The molecule has 0 fully saturated rings. The summed E-state index contributed by atoms with van der Waals surface area (Å²) in [5.41, 5.74) is 18.2. The van der Waals surface area contributed by atoms with E-state index in [1.807, 2.05) is 0 Å². The smallest absolute Gasteiger partial charge is 0.0546 e. The second-order valence-corrected chi connectivity index (χ2v) is 16.5. The minimum atomic E-state index is -0.149. The van der Waals surface area contributed by atoms with E-state index in [0.717, 1.165) is 17.1 Å². The van der Waals surface area contributed by atoms with Crippen LogP contribution in [0.15, 0.2) is 224 Å². The predicted molar refractivity (Wildman–Crippen MR) is 255 cm³/mol. The van der Waals surface area contributed by atoms with Crippen LogP contribution in [0.1, 0.15) is 25.0 Å². The fraction of sp³-hybridized carbons (Fsp3) is 0.0508. The van der Waals surface area contributed by atoms with Crippen LogP contribution in [0.4, 0.5) is 17.1 Å². The lowest BCUT2D eigenvalue weighted by Gasteiger charge is -2.31. The van der Waals surface area contributed by atoms with E-state index in [4.69, 9.17) is 0 Å². The zero-order valence-corrected chi connectivity index (χ0v) is 33.8. The summed E-state index contributed by atoms with van der Waals surface area (Å²) in [4.78, 5) is 2.49. The minimum absolute atomic E-state index is 0.149. The second kappa shape index (κ2) is 14.4. The van der Waals surface area contributed by atoms with Crippen LogP contribution in [0.25, 0.3) is 77.2 Å². The molecule has 0 atom stereocenters. The molecule has 0 saturated heterocycles. The average Bonchev–Trinajstić information content (AvgIpc) is 3.54. The predicted octanol–water partition coefficient (Wildman–Crippen LogP) is 16.4. The van der Waals surface area contributed by atoms with Gasteiger partial charge in [0, 0.05) is 22.4 Å². The largest absolute Gasteiger partial charge is 0.310 e. The second-order valence-electron chi connectivity index (χ2n) is 16.5. The molecule has 10 aromatic rings. The molecule has 11 rings (SSSR count). The third-order valence-corrected chi connectivity index (χ3v) is 12.7. The molecule has 1 heteroatoms. The van der Waals surface area contributed by atoms with E-state index >= 15 is 0 Å². The number of anilines is 3. The summed E-state index contributed by atoms with van der Waals surface area (Å²) in [6.45, 7) is 4.74. The Morgan fingerprint density at radius 2 is 0.867 bits per heavy atom. The van der Waals surface area contributed by atoms with Gasteiger partial charge in [-0.2, -0.15) is 0 Å². The van der Waals surface area contributed by atoms with Gasteiger partial charge in [0.15, 0.2) is 0 Å². The minimum Gasteiger partial charge on any atom is -0.310 e. The highest BCUT2D eigenvalue weighted by molar-refractivity contribution is 6.10. The van der Waals surface area contributed by atoms with Gasteiger partial charge in [0.1, 0.15) is 0 Å². The van der Waals surface area contributed by atoms with Crippen LogP contribution in [0.5, 0.6) is 0 Å². The van der Waals surface area contributed by atoms with Crippen molar-refractivity contribution in [2.24, 2.45) is 0 Å². The molecule has 0 bridgehead atoms. The van der Waals surface area contributed by atoms with Crippen molar-refractivity contribution in [2.75, 3.05) is 4.90 Å². The van der Waals surface area contributed by atoms with Gasteiger partial charge in [0.2, 0.25) is 0 Å².